The lowest BCUT2D eigenvalue weighted by molar-refractivity contribution is 0.619. The highest BCUT2D eigenvalue weighted by Crippen LogP contribution is 2.34. The number of rotatable bonds is 1. The first-order valence-corrected chi connectivity index (χ1v) is 5.70. The quantitative estimate of drug-likeness (QED) is 0.768. The lowest BCUT2D eigenvalue weighted by atomic mass is 10.1. The number of nitrogens with zero attached hydrogens (tertiary/aromatic N) is 3. The van der Waals surface area contributed by atoms with Gasteiger partial charge in [-0.15, -0.1) is 0 Å². The molecule has 1 aliphatic heterocycles. The Balaban J connectivity index is 2.06. The number of benzene rings is 1. The van der Waals surface area contributed by atoms with Gasteiger partial charge in [-0.05, 0) is 42.3 Å². The minimum atomic E-state index is -0.324. The largest absolute Gasteiger partial charge is 0.323 e. The molecule has 0 unspecified atom stereocenters. The SMILES string of the molecule is N#Cc1ccc2c(c1)CCN2c1ncccc1F. The van der Waals surface area contributed by atoms with Crippen LogP contribution in [0.3, 0.4) is 0 Å². The predicted molar refractivity (Wildman–Crippen MR) is 66.1 cm³/mol. The molecular formula is C14H10FN3. The molecule has 0 aliphatic carbocycles. The number of anilines is 2. The van der Waals surface area contributed by atoms with Crippen LogP contribution >= 0.6 is 0 Å². The fourth-order valence-electron chi connectivity index (χ4n) is 2.27. The second-order valence-electron chi connectivity index (χ2n) is 4.17. The van der Waals surface area contributed by atoms with E-state index >= 15 is 0 Å². The molecule has 0 N–H and O–H groups in total. The Morgan fingerprint density at radius 3 is 3.00 bits per heavy atom. The van der Waals surface area contributed by atoms with Gasteiger partial charge in [-0.3, -0.25) is 0 Å². The average molecular weight is 239 g/mol. The summed E-state index contributed by atoms with van der Waals surface area (Å²) in [6, 6.07) is 10.6. The van der Waals surface area contributed by atoms with E-state index in [1.807, 2.05) is 17.0 Å². The topological polar surface area (TPSA) is 39.9 Å². The highest BCUT2D eigenvalue weighted by atomic mass is 19.1. The van der Waals surface area contributed by atoms with Gasteiger partial charge in [0.1, 0.15) is 0 Å². The van der Waals surface area contributed by atoms with Crippen molar-refractivity contribution in [2.45, 2.75) is 6.42 Å². The summed E-state index contributed by atoms with van der Waals surface area (Å²) in [6.07, 6.45) is 2.39. The van der Waals surface area contributed by atoms with Crippen LogP contribution in [0.5, 0.6) is 0 Å². The van der Waals surface area contributed by atoms with E-state index < -0.39 is 0 Å². The first-order valence-electron chi connectivity index (χ1n) is 5.70. The summed E-state index contributed by atoms with van der Waals surface area (Å²) in [5, 5.41) is 8.86. The molecule has 0 saturated carbocycles. The van der Waals surface area contributed by atoms with Crippen LogP contribution in [0, 0.1) is 17.1 Å². The van der Waals surface area contributed by atoms with E-state index in [1.54, 1.807) is 18.3 Å². The molecule has 0 fully saturated rings. The summed E-state index contributed by atoms with van der Waals surface area (Å²) in [5.74, 6) is 0.0238. The zero-order valence-electron chi connectivity index (χ0n) is 9.60. The fraction of sp³-hybridized carbons (Fsp3) is 0.143. The minimum absolute atomic E-state index is 0.324. The van der Waals surface area contributed by atoms with Gasteiger partial charge in [-0.2, -0.15) is 5.26 Å². The van der Waals surface area contributed by atoms with E-state index in [4.69, 9.17) is 5.26 Å². The monoisotopic (exact) mass is 239 g/mol. The van der Waals surface area contributed by atoms with Crippen LogP contribution in [0.1, 0.15) is 11.1 Å². The lowest BCUT2D eigenvalue weighted by Crippen LogP contribution is -2.16. The molecule has 0 spiro atoms. The second-order valence-corrected chi connectivity index (χ2v) is 4.17. The summed E-state index contributed by atoms with van der Waals surface area (Å²) in [6.45, 7) is 0.693. The zero-order valence-corrected chi connectivity index (χ0v) is 9.60. The maximum Gasteiger partial charge on any atom is 0.169 e. The maximum absolute atomic E-state index is 13.7. The van der Waals surface area contributed by atoms with Gasteiger partial charge >= 0.3 is 0 Å². The number of hydrogen-bond donors (Lipinski definition) is 0. The molecule has 0 bridgehead atoms. The molecule has 2 aromatic rings. The summed E-state index contributed by atoms with van der Waals surface area (Å²) in [5.41, 5.74) is 2.64. The molecule has 4 heteroatoms. The molecule has 0 amide bonds. The van der Waals surface area contributed by atoms with Gasteiger partial charge in [0.15, 0.2) is 11.6 Å². The van der Waals surface area contributed by atoms with E-state index in [0.29, 0.717) is 17.9 Å². The predicted octanol–water partition coefficient (Wildman–Crippen LogP) is 2.79. The van der Waals surface area contributed by atoms with Gasteiger partial charge in [-0.1, -0.05) is 0 Å². The van der Waals surface area contributed by atoms with Crippen LogP contribution < -0.4 is 4.90 Å². The third-order valence-electron chi connectivity index (χ3n) is 3.10. The van der Waals surface area contributed by atoms with E-state index in [2.05, 4.69) is 11.1 Å². The number of aromatic nitrogens is 1. The molecular weight excluding hydrogens is 229 g/mol. The normalized spacial score (nSPS) is 13.2. The Bertz CT molecular complexity index is 646. The smallest absolute Gasteiger partial charge is 0.169 e. The number of hydrogen-bond acceptors (Lipinski definition) is 3. The molecule has 1 aromatic heterocycles. The standard InChI is InChI=1S/C14H10FN3/c15-12-2-1-6-17-14(12)18-7-5-11-8-10(9-16)3-4-13(11)18/h1-4,6,8H,5,7H2. The molecule has 0 radical (unpaired) electrons. The van der Waals surface area contributed by atoms with Crippen molar-refractivity contribution in [1.82, 2.24) is 4.98 Å². The van der Waals surface area contributed by atoms with Crippen molar-refractivity contribution in [2.24, 2.45) is 0 Å². The summed E-state index contributed by atoms with van der Waals surface area (Å²) < 4.78 is 13.7. The number of halogens is 1. The lowest BCUT2D eigenvalue weighted by Gasteiger charge is -2.18. The summed E-state index contributed by atoms with van der Waals surface area (Å²) in [7, 11) is 0. The highest BCUT2D eigenvalue weighted by Gasteiger charge is 2.23. The van der Waals surface area contributed by atoms with Crippen molar-refractivity contribution in [3.63, 3.8) is 0 Å². The fourth-order valence-corrected chi connectivity index (χ4v) is 2.27. The number of pyridine rings is 1. The molecule has 18 heavy (non-hydrogen) atoms. The second kappa shape index (κ2) is 4.11. The Morgan fingerprint density at radius 2 is 2.22 bits per heavy atom. The molecule has 3 nitrogen and oxygen atoms in total. The molecule has 1 aromatic carbocycles. The van der Waals surface area contributed by atoms with Gasteiger partial charge in [0.25, 0.3) is 0 Å². The van der Waals surface area contributed by atoms with Crippen LogP contribution in [-0.4, -0.2) is 11.5 Å². The van der Waals surface area contributed by atoms with Crippen molar-refractivity contribution < 1.29 is 4.39 Å². The average Bonchev–Trinajstić information content (AvgIpc) is 2.82. The van der Waals surface area contributed by atoms with Crippen molar-refractivity contribution in [1.29, 1.82) is 5.26 Å². The number of nitriles is 1. The van der Waals surface area contributed by atoms with Crippen LogP contribution in [0.4, 0.5) is 15.9 Å². The van der Waals surface area contributed by atoms with Crippen molar-refractivity contribution in [3.05, 3.63) is 53.5 Å². The highest BCUT2D eigenvalue weighted by molar-refractivity contribution is 5.68. The van der Waals surface area contributed by atoms with Crippen molar-refractivity contribution in [3.8, 4) is 6.07 Å². The van der Waals surface area contributed by atoms with Crippen LogP contribution in [0.2, 0.25) is 0 Å². The van der Waals surface area contributed by atoms with Crippen LogP contribution in [-0.2, 0) is 6.42 Å². The van der Waals surface area contributed by atoms with Crippen molar-refractivity contribution >= 4 is 11.5 Å². The molecule has 88 valence electrons. The third kappa shape index (κ3) is 1.61. The summed E-state index contributed by atoms with van der Waals surface area (Å²) in [4.78, 5) is 5.94. The minimum Gasteiger partial charge on any atom is -0.323 e. The van der Waals surface area contributed by atoms with E-state index in [-0.39, 0.29) is 5.82 Å². The van der Waals surface area contributed by atoms with Crippen LogP contribution in [0.25, 0.3) is 0 Å². The van der Waals surface area contributed by atoms with E-state index in [9.17, 15) is 4.39 Å². The third-order valence-corrected chi connectivity index (χ3v) is 3.10. The van der Waals surface area contributed by atoms with Gasteiger partial charge in [0.2, 0.25) is 0 Å². The Hall–Kier alpha value is -2.41. The summed E-state index contributed by atoms with van der Waals surface area (Å²) >= 11 is 0. The number of fused-ring (bicyclic) bond motifs is 1. The van der Waals surface area contributed by atoms with E-state index in [1.165, 1.54) is 6.07 Å². The molecule has 1 aliphatic rings. The maximum atomic E-state index is 13.7. The zero-order chi connectivity index (χ0) is 12.5. The van der Waals surface area contributed by atoms with Gasteiger partial charge in [-0.25, -0.2) is 9.37 Å². The van der Waals surface area contributed by atoms with E-state index in [0.717, 1.165) is 17.7 Å². The van der Waals surface area contributed by atoms with Gasteiger partial charge < -0.3 is 4.90 Å². The molecule has 0 atom stereocenters. The van der Waals surface area contributed by atoms with Crippen LogP contribution in [0.15, 0.2) is 36.5 Å². The molecule has 2 heterocycles. The van der Waals surface area contributed by atoms with Crippen molar-refractivity contribution in [2.75, 3.05) is 11.4 Å². The van der Waals surface area contributed by atoms with Gasteiger partial charge in [0, 0.05) is 18.4 Å². The Morgan fingerprint density at radius 1 is 1.33 bits per heavy atom. The Kier molecular flexibility index (Phi) is 2.45. The first-order chi connectivity index (χ1) is 8.79. The molecule has 3 rings (SSSR count). The first kappa shape index (κ1) is 10.7. The molecule has 0 saturated heterocycles. The Labute approximate surface area is 104 Å². The van der Waals surface area contributed by atoms with Gasteiger partial charge in [0.05, 0.1) is 11.6 Å².